The first-order chi connectivity index (χ1) is 5.70. The summed E-state index contributed by atoms with van der Waals surface area (Å²) in [5.74, 6) is 0.985. The molecule has 2 amide bonds. The van der Waals surface area contributed by atoms with Crippen molar-refractivity contribution >= 4 is 28.5 Å². The van der Waals surface area contributed by atoms with Gasteiger partial charge >= 0.3 is 6.03 Å². The summed E-state index contributed by atoms with van der Waals surface area (Å²) in [5, 5.41) is 4.62. The molecule has 0 atom stereocenters. The third-order valence-electron chi connectivity index (χ3n) is 1.23. The van der Waals surface area contributed by atoms with E-state index in [-0.39, 0.29) is 0 Å². The number of thioether (sulfide) groups is 1. The van der Waals surface area contributed by atoms with Gasteiger partial charge in [-0.3, -0.25) is 4.99 Å². The zero-order chi connectivity index (χ0) is 8.97. The highest BCUT2D eigenvalue weighted by molar-refractivity contribution is 8.16. The van der Waals surface area contributed by atoms with Crippen LogP contribution >= 0.6 is 11.8 Å². The molecule has 0 unspecified atom stereocenters. The number of hydrogen-bond acceptors (Lipinski definition) is 4. The van der Waals surface area contributed by atoms with Crippen molar-refractivity contribution < 1.29 is 4.79 Å². The van der Waals surface area contributed by atoms with Crippen LogP contribution in [-0.2, 0) is 0 Å². The number of primary amides is 1. The van der Waals surface area contributed by atoms with Crippen LogP contribution in [0.1, 0.15) is 6.92 Å². The van der Waals surface area contributed by atoms with E-state index in [1.807, 2.05) is 0 Å². The third-order valence-corrected chi connectivity index (χ3v) is 2.31. The van der Waals surface area contributed by atoms with E-state index in [4.69, 9.17) is 5.73 Å². The second kappa shape index (κ2) is 4.10. The van der Waals surface area contributed by atoms with Crippen LogP contribution < -0.4 is 11.2 Å². The Hall–Kier alpha value is -1.04. The maximum atomic E-state index is 10.3. The third kappa shape index (κ3) is 2.54. The first kappa shape index (κ1) is 9.05. The first-order valence-corrected chi connectivity index (χ1v) is 4.46. The van der Waals surface area contributed by atoms with E-state index in [0.717, 1.165) is 17.3 Å². The van der Waals surface area contributed by atoms with Gasteiger partial charge in [-0.1, -0.05) is 0 Å². The molecule has 0 aromatic heterocycles. The summed E-state index contributed by atoms with van der Waals surface area (Å²) in [5.41, 5.74) is 7.70. The molecule has 12 heavy (non-hydrogen) atoms. The average Bonchev–Trinajstić information content (AvgIpc) is 2.51. The predicted molar refractivity (Wildman–Crippen MR) is 50.6 cm³/mol. The number of urea groups is 1. The summed E-state index contributed by atoms with van der Waals surface area (Å²) in [6, 6.07) is -0.655. The van der Waals surface area contributed by atoms with Gasteiger partial charge in [0.1, 0.15) is 5.04 Å². The molecule has 0 aromatic carbocycles. The van der Waals surface area contributed by atoms with E-state index in [9.17, 15) is 4.79 Å². The number of hydrazone groups is 1. The van der Waals surface area contributed by atoms with Crippen molar-refractivity contribution in [3.63, 3.8) is 0 Å². The molecule has 1 aliphatic rings. The Bertz CT molecular complexity index is 248. The second-order valence-electron chi connectivity index (χ2n) is 2.21. The minimum absolute atomic E-state index is 0.655. The second-order valence-corrected chi connectivity index (χ2v) is 3.29. The summed E-state index contributed by atoms with van der Waals surface area (Å²) >= 11 is 1.63. The molecule has 0 bridgehead atoms. The number of carbonyl (C=O) groups excluding carboxylic acids is 1. The van der Waals surface area contributed by atoms with Gasteiger partial charge in [0.05, 0.1) is 5.71 Å². The molecule has 5 nitrogen and oxygen atoms in total. The Kier molecular flexibility index (Phi) is 3.09. The van der Waals surface area contributed by atoms with Crippen molar-refractivity contribution in [2.45, 2.75) is 6.92 Å². The molecular weight excluding hydrogens is 176 g/mol. The van der Waals surface area contributed by atoms with Gasteiger partial charge in [0, 0.05) is 12.3 Å². The van der Waals surface area contributed by atoms with Gasteiger partial charge in [0.25, 0.3) is 0 Å². The van der Waals surface area contributed by atoms with Gasteiger partial charge in [0.2, 0.25) is 0 Å². The molecule has 0 saturated heterocycles. The summed E-state index contributed by atoms with van der Waals surface area (Å²) in [6.07, 6.45) is 0. The molecule has 66 valence electrons. The van der Waals surface area contributed by atoms with E-state index in [2.05, 4.69) is 15.5 Å². The molecule has 0 aromatic rings. The number of nitrogens with one attached hydrogen (secondary N) is 1. The molecule has 0 saturated carbocycles. The number of amides is 2. The average molecular weight is 186 g/mol. The molecule has 6 heteroatoms. The Balaban J connectivity index is 2.50. The van der Waals surface area contributed by atoms with Crippen molar-refractivity contribution in [2.24, 2.45) is 15.8 Å². The predicted octanol–water partition coefficient (Wildman–Crippen LogP) is 0.176. The van der Waals surface area contributed by atoms with Crippen molar-refractivity contribution in [1.82, 2.24) is 5.43 Å². The van der Waals surface area contributed by atoms with E-state index in [1.165, 1.54) is 0 Å². The standard InChI is InChI=1S/C6H10N4OS/c1-4(9-10-6(7)11)5-8-2-3-12-5/h2-3H2,1H3,(H3,7,10,11)/b9-4+. The van der Waals surface area contributed by atoms with Crippen molar-refractivity contribution in [2.75, 3.05) is 12.3 Å². The Labute approximate surface area is 74.5 Å². The van der Waals surface area contributed by atoms with Gasteiger partial charge in [-0.25, -0.2) is 10.2 Å². The molecule has 0 radical (unpaired) electrons. The van der Waals surface area contributed by atoms with Crippen LogP contribution in [0.4, 0.5) is 4.79 Å². The zero-order valence-electron chi connectivity index (χ0n) is 6.70. The maximum absolute atomic E-state index is 10.3. The van der Waals surface area contributed by atoms with Crippen LogP contribution in [-0.4, -0.2) is 29.1 Å². The first-order valence-electron chi connectivity index (χ1n) is 3.47. The van der Waals surface area contributed by atoms with E-state index < -0.39 is 6.03 Å². The van der Waals surface area contributed by atoms with Gasteiger partial charge in [0.15, 0.2) is 0 Å². The molecule has 0 spiro atoms. The highest BCUT2D eigenvalue weighted by Gasteiger charge is 2.09. The van der Waals surface area contributed by atoms with Gasteiger partial charge in [-0.15, -0.1) is 11.8 Å². The minimum Gasteiger partial charge on any atom is -0.350 e. The molecule has 1 aliphatic heterocycles. The van der Waals surface area contributed by atoms with Crippen LogP contribution in [0.5, 0.6) is 0 Å². The van der Waals surface area contributed by atoms with Crippen molar-refractivity contribution in [3.05, 3.63) is 0 Å². The lowest BCUT2D eigenvalue weighted by Gasteiger charge is -1.97. The fourth-order valence-corrected chi connectivity index (χ4v) is 1.55. The monoisotopic (exact) mass is 186 g/mol. The lowest BCUT2D eigenvalue weighted by molar-refractivity contribution is 0.249. The van der Waals surface area contributed by atoms with Crippen molar-refractivity contribution in [3.8, 4) is 0 Å². The molecular formula is C6H10N4OS. The SMILES string of the molecule is C/C(=N\NC(N)=O)C1=NCCS1. The number of nitrogens with two attached hydrogens (primary N) is 1. The van der Waals surface area contributed by atoms with Crippen molar-refractivity contribution in [1.29, 1.82) is 0 Å². The molecule has 1 rings (SSSR count). The number of rotatable bonds is 2. The lowest BCUT2D eigenvalue weighted by Crippen LogP contribution is -2.26. The summed E-state index contributed by atoms with van der Waals surface area (Å²) in [7, 11) is 0. The van der Waals surface area contributed by atoms with E-state index in [0.29, 0.717) is 5.71 Å². The molecule has 3 N–H and O–H groups in total. The van der Waals surface area contributed by atoms with Gasteiger partial charge in [-0.05, 0) is 6.92 Å². The topological polar surface area (TPSA) is 79.8 Å². The Morgan fingerprint density at radius 1 is 1.83 bits per heavy atom. The normalized spacial score (nSPS) is 17.4. The summed E-state index contributed by atoms with van der Waals surface area (Å²) in [6.45, 7) is 2.61. The number of carbonyl (C=O) groups is 1. The summed E-state index contributed by atoms with van der Waals surface area (Å²) in [4.78, 5) is 14.4. The molecule has 1 heterocycles. The van der Waals surface area contributed by atoms with Crippen LogP contribution in [0.2, 0.25) is 0 Å². The minimum atomic E-state index is -0.655. The molecule has 0 aliphatic carbocycles. The van der Waals surface area contributed by atoms with Crippen LogP contribution in [0, 0.1) is 0 Å². The van der Waals surface area contributed by atoms with E-state index >= 15 is 0 Å². The van der Waals surface area contributed by atoms with Gasteiger partial charge in [-0.2, -0.15) is 5.10 Å². The Morgan fingerprint density at radius 2 is 2.58 bits per heavy atom. The van der Waals surface area contributed by atoms with Crippen LogP contribution in [0.3, 0.4) is 0 Å². The zero-order valence-corrected chi connectivity index (χ0v) is 7.52. The number of nitrogens with zero attached hydrogens (tertiary/aromatic N) is 2. The quantitative estimate of drug-likeness (QED) is 0.476. The smallest absolute Gasteiger partial charge is 0.332 e. The lowest BCUT2D eigenvalue weighted by atomic mass is 10.5. The number of hydrogen-bond donors (Lipinski definition) is 2. The summed E-state index contributed by atoms with van der Waals surface area (Å²) < 4.78 is 0. The maximum Gasteiger partial charge on any atom is 0.332 e. The highest BCUT2D eigenvalue weighted by atomic mass is 32.2. The fraction of sp³-hybridized carbons (Fsp3) is 0.500. The van der Waals surface area contributed by atoms with Gasteiger partial charge < -0.3 is 5.73 Å². The molecule has 0 fully saturated rings. The Morgan fingerprint density at radius 3 is 3.08 bits per heavy atom. The number of aliphatic imine (C=N–C) groups is 1. The van der Waals surface area contributed by atoms with E-state index in [1.54, 1.807) is 18.7 Å². The highest BCUT2D eigenvalue weighted by Crippen LogP contribution is 2.12. The largest absolute Gasteiger partial charge is 0.350 e. The van der Waals surface area contributed by atoms with Crippen LogP contribution in [0.15, 0.2) is 10.1 Å². The fourth-order valence-electron chi connectivity index (χ4n) is 0.741. The van der Waals surface area contributed by atoms with Crippen LogP contribution in [0.25, 0.3) is 0 Å².